The number of nitrogens with two attached hydrogens (primary N) is 2. The van der Waals surface area contributed by atoms with Gasteiger partial charge in [-0.25, -0.2) is 0 Å². The summed E-state index contributed by atoms with van der Waals surface area (Å²) >= 11 is 0. The monoisotopic (exact) mass is 480 g/mol. The molecule has 0 fully saturated rings. The van der Waals surface area contributed by atoms with Crippen molar-refractivity contribution in [3.63, 3.8) is 0 Å². The summed E-state index contributed by atoms with van der Waals surface area (Å²) in [5, 5.41) is 0. The van der Waals surface area contributed by atoms with E-state index in [2.05, 4.69) is 111 Å². The van der Waals surface area contributed by atoms with Crippen LogP contribution in [0.15, 0.2) is 72.8 Å². The molecule has 36 heavy (non-hydrogen) atoms. The Balaban J connectivity index is 0.000000201. The van der Waals surface area contributed by atoms with E-state index in [9.17, 15) is 0 Å². The second-order valence-electron chi connectivity index (χ2n) is 9.93. The Bertz CT molecular complexity index is 1170. The molecule has 0 heterocycles. The minimum atomic E-state index is 0.877. The van der Waals surface area contributed by atoms with Crippen LogP contribution < -0.4 is 21.3 Å². The van der Waals surface area contributed by atoms with Gasteiger partial charge >= 0.3 is 0 Å². The third kappa shape index (κ3) is 6.19. The van der Waals surface area contributed by atoms with Gasteiger partial charge in [-0.05, 0) is 121 Å². The van der Waals surface area contributed by atoms with Crippen LogP contribution in [0.25, 0.3) is 22.3 Å². The lowest BCUT2D eigenvalue weighted by Gasteiger charge is -2.14. The predicted molar refractivity (Wildman–Crippen MR) is 160 cm³/mol. The first-order valence-electron chi connectivity index (χ1n) is 12.3. The van der Waals surface area contributed by atoms with Crippen LogP contribution >= 0.6 is 0 Å². The topological polar surface area (TPSA) is 58.5 Å². The smallest absolute Gasteiger partial charge is 0.0373 e. The van der Waals surface area contributed by atoms with E-state index < -0.39 is 0 Å². The van der Waals surface area contributed by atoms with Crippen molar-refractivity contribution >= 4 is 22.7 Å². The molecular formula is C32H40N4. The summed E-state index contributed by atoms with van der Waals surface area (Å²) in [5.74, 6) is 0. The first kappa shape index (κ1) is 26.7. The van der Waals surface area contributed by atoms with Crippen LogP contribution in [0.5, 0.6) is 0 Å². The van der Waals surface area contributed by atoms with E-state index in [0.717, 1.165) is 33.6 Å². The van der Waals surface area contributed by atoms with Crippen molar-refractivity contribution in [2.75, 3.05) is 49.5 Å². The highest BCUT2D eigenvalue weighted by Gasteiger charge is 2.07. The van der Waals surface area contributed by atoms with Gasteiger partial charge in [0.2, 0.25) is 0 Å². The standard InChI is InChI=1S/2C16H20N2/c1-17(2)15-9-5-13(6-10-15)14-7-11-16(12-8-14)18(3)4;1-9-5-13(6-10(2)15(9)17)14-7-11(3)16(18)12(4)8-14/h5-12H,1-4H3;5-8H,17-18H2,1-4H3. The second kappa shape index (κ2) is 11.2. The molecule has 0 aliphatic heterocycles. The van der Waals surface area contributed by atoms with E-state index in [0.29, 0.717) is 0 Å². The molecule has 4 heteroatoms. The molecule has 0 aromatic heterocycles. The van der Waals surface area contributed by atoms with E-state index in [1.807, 2.05) is 27.7 Å². The summed E-state index contributed by atoms with van der Waals surface area (Å²) in [6, 6.07) is 25.8. The highest BCUT2D eigenvalue weighted by molar-refractivity contribution is 5.74. The summed E-state index contributed by atoms with van der Waals surface area (Å²) in [4.78, 5) is 4.22. The van der Waals surface area contributed by atoms with E-state index >= 15 is 0 Å². The highest BCUT2D eigenvalue weighted by Crippen LogP contribution is 2.30. The molecule has 4 aromatic carbocycles. The second-order valence-corrected chi connectivity index (χ2v) is 9.93. The van der Waals surface area contributed by atoms with Gasteiger partial charge in [-0.1, -0.05) is 24.3 Å². The zero-order chi connectivity index (χ0) is 26.6. The average Bonchev–Trinajstić information content (AvgIpc) is 2.85. The Morgan fingerprint density at radius 1 is 0.417 bits per heavy atom. The van der Waals surface area contributed by atoms with Crippen LogP contribution in [-0.4, -0.2) is 28.2 Å². The molecule has 0 radical (unpaired) electrons. The van der Waals surface area contributed by atoms with E-state index in [1.165, 1.54) is 33.6 Å². The fourth-order valence-electron chi connectivity index (χ4n) is 4.19. The molecule has 0 bridgehead atoms. The normalized spacial score (nSPS) is 10.4. The molecule has 4 nitrogen and oxygen atoms in total. The molecule has 0 saturated heterocycles. The van der Waals surface area contributed by atoms with Gasteiger partial charge in [0, 0.05) is 50.9 Å². The quantitative estimate of drug-likeness (QED) is 0.302. The number of benzene rings is 4. The Labute approximate surface area is 217 Å². The minimum Gasteiger partial charge on any atom is -0.398 e. The number of nitrogen functional groups attached to an aromatic ring is 2. The zero-order valence-electron chi connectivity index (χ0n) is 23.0. The zero-order valence-corrected chi connectivity index (χ0v) is 23.0. The summed E-state index contributed by atoms with van der Waals surface area (Å²) < 4.78 is 0. The van der Waals surface area contributed by atoms with Gasteiger partial charge in [0.1, 0.15) is 0 Å². The van der Waals surface area contributed by atoms with Crippen LogP contribution in [0.2, 0.25) is 0 Å². The lowest BCUT2D eigenvalue weighted by molar-refractivity contribution is 1.13. The van der Waals surface area contributed by atoms with Crippen LogP contribution in [0.3, 0.4) is 0 Å². The van der Waals surface area contributed by atoms with Crippen molar-refractivity contribution in [1.29, 1.82) is 0 Å². The minimum absolute atomic E-state index is 0.877. The Morgan fingerprint density at radius 2 is 0.667 bits per heavy atom. The molecule has 4 aromatic rings. The summed E-state index contributed by atoms with van der Waals surface area (Å²) in [6.07, 6.45) is 0. The van der Waals surface area contributed by atoms with Crippen LogP contribution in [0.1, 0.15) is 22.3 Å². The maximum atomic E-state index is 5.99. The van der Waals surface area contributed by atoms with Gasteiger partial charge in [-0.15, -0.1) is 0 Å². The first-order valence-corrected chi connectivity index (χ1v) is 12.3. The fourth-order valence-corrected chi connectivity index (χ4v) is 4.19. The molecule has 4 rings (SSSR count). The average molecular weight is 481 g/mol. The number of hydrogen-bond donors (Lipinski definition) is 2. The largest absolute Gasteiger partial charge is 0.398 e. The van der Waals surface area contributed by atoms with Gasteiger partial charge in [0.25, 0.3) is 0 Å². The van der Waals surface area contributed by atoms with Crippen molar-refractivity contribution in [3.05, 3.63) is 95.1 Å². The molecule has 4 N–H and O–H groups in total. The number of nitrogens with zero attached hydrogens (tertiary/aromatic N) is 2. The number of anilines is 4. The van der Waals surface area contributed by atoms with Crippen LogP contribution in [0.4, 0.5) is 22.7 Å². The fraction of sp³-hybridized carbons (Fsp3) is 0.250. The predicted octanol–water partition coefficient (Wildman–Crippen LogP) is 7.24. The molecule has 0 saturated carbocycles. The van der Waals surface area contributed by atoms with Crippen molar-refractivity contribution in [1.82, 2.24) is 0 Å². The van der Waals surface area contributed by atoms with E-state index in [-0.39, 0.29) is 0 Å². The number of hydrogen-bond acceptors (Lipinski definition) is 4. The summed E-state index contributed by atoms with van der Waals surface area (Å²) in [7, 11) is 8.23. The van der Waals surface area contributed by atoms with Gasteiger partial charge < -0.3 is 21.3 Å². The summed E-state index contributed by atoms with van der Waals surface area (Å²) in [6.45, 7) is 8.18. The van der Waals surface area contributed by atoms with Crippen molar-refractivity contribution in [2.24, 2.45) is 0 Å². The first-order chi connectivity index (χ1) is 17.0. The molecule has 0 amide bonds. The van der Waals surface area contributed by atoms with Gasteiger partial charge in [-0.3, -0.25) is 0 Å². The third-order valence-corrected chi connectivity index (χ3v) is 6.62. The molecule has 0 atom stereocenters. The third-order valence-electron chi connectivity index (χ3n) is 6.62. The molecule has 0 aliphatic carbocycles. The van der Waals surface area contributed by atoms with Crippen LogP contribution in [0, 0.1) is 27.7 Å². The van der Waals surface area contributed by atoms with E-state index in [1.54, 1.807) is 0 Å². The Kier molecular flexibility index (Phi) is 8.31. The molecule has 0 unspecified atom stereocenters. The molecule has 0 spiro atoms. The van der Waals surface area contributed by atoms with Gasteiger partial charge in [-0.2, -0.15) is 0 Å². The molecular weight excluding hydrogens is 440 g/mol. The van der Waals surface area contributed by atoms with Gasteiger partial charge in [0.15, 0.2) is 0 Å². The lowest BCUT2D eigenvalue weighted by atomic mass is 9.95. The maximum Gasteiger partial charge on any atom is 0.0373 e. The molecule has 188 valence electrons. The van der Waals surface area contributed by atoms with E-state index in [4.69, 9.17) is 11.5 Å². The summed E-state index contributed by atoms with van der Waals surface area (Å²) in [5.41, 5.74) is 25.6. The number of rotatable bonds is 4. The van der Waals surface area contributed by atoms with Crippen molar-refractivity contribution < 1.29 is 0 Å². The SMILES string of the molecule is CN(C)c1ccc(-c2ccc(N(C)C)cc2)cc1.Cc1cc(-c2cc(C)c(N)c(C)c2)cc(C)c1N. The Hall–Kier alpha value is -3.92. The Morgan fingerprint density at radius 3 is 0.889 bits per heavy atom. The van der Waals surface area contributed by atoms with Crippen LogP contribution in [-0.2, 0) is 0 Å². The van der Waals surface area contributed by atoms with Crippen molar-refractivity contribution in [3.8, 4) is 22.3 Å². The lowest BCUT2D eigenvalue weighted by Crippen LogP contribution is -2.08. The van der Waals surface area contributed by atoms with Gasteiger partial charge in [0.05, 0.1) is 0 Å². The molecule has 0 aliphatic rings. The highest BCUT2D eigenvalue weighted by atomic mass is 15.1. The maximum absolute atomic E-state index is 5.99. The number of aryl methyl sites for hydroxylation is 4. The van der Waals surface area contributed by atoms with Crippen molar-refractivity contribution in [2.45, 2.75) is 27.7 Å².